The van der Waals surface area contributed by atoms with Crippen LogP contribution in [0.3, 0.4) is 0 Å². The number of likely N-dealkylation sites (tertiary alicyclic amines) is 1. The SMILES string of the molecule is CC1CC(NCCCCCC(=O)O)CCN1C. The van der Waals surface area contributed by atoms with Crippen LogP contribution in [0.25, 0.3) is 0 Å². The van der Waals surface area contributed by atoms with Crippen LogP contribution >= 0.6 is 0 Å². The monoisotopic (exact) mass is 242 g/mol. The van der Waals surface area contributed by atoms with Crippen LogP contribution in [0.4, 0.5) is 0 Å². The summed E-state index contributed by atoms with van der Waals surface area (Å²) < 4.78 is 0. The van der Waals surface area contributed by atoms with Gasteiger partial charge in [0.2, 0.25) is 0 Å². The summed E-state index contributed by atoms with van der Waals surface area (Å²) in [6, 6.07) is 1.33. The highest BCUT2D eigenvalue weighted by Crippen LogP contribution is 2.15. The molecule has 0 aliphatic carbocycles. The maximum absolute atomic E-state index is 10.3. The number of carboxylic acid groups (broad SMARTS) is 1. The molecular weight excluding hydrogens is 216 g/mol. The molecule has 1 aliphatic rings. The second kappa shape index (κ2) is 7.67. The van der Waals surface area contributed by atoms with Gasteiger partial charge < -0.3 is 15.3 Å². The molecule has 0 spiro atoms. The fourth-order valence-electron chi connectivity index (χ4n) is 2.36. The van der Waals surface area contributed by atoms with Crippen LogP contribution in [-0.2, 0) is 4.79 Å². The molecule has 2 atom stereocenters. The molecule has 0 amide bonds. The molecule has 0 aromatic heterocycles. The maximum atomic E-state index is 10.3. The normalized spacial score (nSPS) is 26.0. The van der Waals surface area contributed by atoms with E-state index in [4.69, 9.17) is 5.11 Å². The summed E-state index contributed by atoms with van der Waals surface area (Å²) in [6.07, 6.45) is 5.68. The minimum absolute atomic E-state index is 0.311. The van der Waals surface area contributed by atoms with Gasteiger partial charge in [0.25, 0.3) is 0 Å². The Balaban J connectivity index is 1.98. The predicted octanol–water partition coefficient (Wildman–Crippen LogP) is 1.70. The molecule has 0 saturated carbocycles. The van der Waals surface area contributed by atoms with Gasteiger partial charge in [0.15, 0.2) is 0 Å². The van der Waals surface area contributed by atoms with Gasteiger partial charge in [-0.2, -0.15) is 0 Å². The van der Waals surface area contributed by atoms with E-state index in [-0.39, 0.29) is 0 Å². The average molecular weight is 242 g/mol. The summed E-state index contributed by atoms with van der Waals surface area (Å²) in [6.45, 7) is 4.49. The lowest BCUT2D eigenvalue weighted by Gasteiger charge is -2.35. The van der Waals surface area contributed by atoms with Crippen LogP contribution in [0.1, 0.15) is 45.4 Å². The zero-order valence-electron chi connectivity index (χ0n) is 11.1. The molecule has 17 heavy (non-hydrogen) atoms. The van der Waals surface area contributed by atoms with Crippen LogP contribution in [0.15, 0.2) is 0 Å². The Morgan fingerprint density at radius 2 is 2.18 bits per heavy atom. The number of carboxylic acids is 1. The molecule has 1 saturated heterocycles. The van der Waals surface area contributed by atoms with Gasteiger partial charge in [0, 0.05) is 18.5 Å². The van der Waals surface area contributed by atoms with E-state index in [0.717, 1.165) is 25.8 Å². The molecule has 4 nitrogen and oxygen atoms in total. The lowest BCUT2D eigenvalue weighted by atomic mass is 9.99. The third-order valence-electron chi connectivity index (χ3n) is 3.71. The number of carbonyl (C=O) groups is 1. The Kier molecular flexibility index (Phi) is 6.52. The zero-order valence-corrected chi connectivity index (χ0v) is 11.1. The average Bonchev–Trinajstić information content (AvgIpc) is 2.27. The molecule has 1 heterocycles. The smallest absolute Gasteiger partial charge is 0.303 e. The lowest BCUT2D eigenvalue weighted by molar-refractivity contribution is -0.137. The summed E-state index contributed by atoms with van der Waals surface area (Å²) >= 11 is 0. The van der Waals surface area contributed by atoms with Gasteiger partial charge in [-0.3, -0.25) is 4.79 Å². The zero-order chi connectivity index (χ0) is 12.7. The number of nitrogens with one attached hydrogen (secondary N) is 1. The van der Waals surface area contributed by atoms with Crippen molar-refractivity contribution in [2.24, 2.45) is 0 Å². The van der Waals surface area contributed by atoms with E-state index in [1.165, 1.54) is 19.4 Å². The molecule has 0 radical (unpaired) electrons. The molecule has 1 rings (SSSR count). The van der Waals surface area contributed by atoms with Crippen molar-refractivity contribution in [2.45, 2.75) is 57.5 Å². The minimum Gasteiger partial charge on any atom is -0.481 e. The van der Waals surface area contributed by atoms with E-state index in [1.54, 1.807) is 0 Å². The van der Waals surface area contributed by atoms with Crippen molar-refractivity contribution in [2.75, 3.05) is 20.1 Å². The number of hydrogen-bond donors (Lipinski definition) is 2. The highest BCUT2D eigenvalue weighted by Gasteiger charge is 2.21. The molecule has 2 unspecified atom stereocenters. The van der Waals surface area contributed by atoms with Crippen molar-refractivity contribution >= 4 is 5.97 Å². The lowest BCUT2D eigenvalue weighted by Crippen LogP contribution is -2.45. The summed E-state index contributed by atoms with van der Waals surface area (Å²) in [5.41, 5.74) is 0. The topological polar surface area (TPSA) is 52.6 Å². The quantitative estimate of drug-likeness (QED) is 0.667. The van der Waals surface area contributed by atoms with E-state index >= 15 is 0 Å². The van der Waals surface area contributed by atoms with Crippen LogP contribution in [0, 0.1) is 0 Å². The van der Waals surface area contributed by atoms with Crippen molar-refractivity contribution in [1.82, 2.24) is 10.2 Å². The highest BCUT2D eigenvalue weighted by atomic mass is 16.4. The van der Waals surface area contributed by atoms with Gasteiger partial charge in [-0.1, -0.05) is 6.42 Å². The summed E-state index contributed by atoms with van der Waals surface area (Å²) in [5, 5.41) is 12.1. The molecule has 0 aromatic carbocycles. The van der Waals surface area contributed by atoms with Crippen LogP contribution in [-0.4, -0.2) is 48.2 Å². The fourth-order valence-corrected chi connectivity index (χ4v) is 2.36. The first kappa shape index (κ1) is 14.5. The Labute approximate surface area is 104 Å². The second-order valence-electron chi connectivity index (χ2n) is 5.21. The van der Waals surface area contributed by atoms with Crippen molar-refractivity contribution in [3.8, 4) is 0 Å². The second-order valence-corrected chi connectivity index (χ2v) is 5.21. The van der Waals surface area contributed by atoms with Gasteiger partial charge in [-0.25, -0.2) is 0 Å². The van der Waals surface area contributed by atoms with E-state index in [0.29, 0.717) is 18.5 Å². The first-order valence-corrected chi connectivity index (χ1v) is 6.75. The van der Waals surface area contributed by atoms with E-state index < -0.39 is 5.97 Å². The molecular formula is C13H26N2O2. The Morgan fingerprint density at radius 3 is 2.82 bits per heavy atom. The van der Waals surface area contributed by atoms with Gasteiger partial charge in [0.05, 0.1) is 0 Å². The Morgan fingerprint density at radius 1 is 1.41 bits per heavy atom. The van der Waals surface area contributed by atoms with Gasteiger partial charge in [-0.05, 0) is 52.7 Å². The van der Waals surface area contributed by atoms with Gasteiger partial charge >= 0.3 is 5.97 Å². The minimum atomic E-state index is -0.679. The largest absolute Gasteiger partial charge is 0.481 e. The van der Waals surface area contributed by atoms with Gasteiger partial charge in [0.1, 0.15) is 0 Å². The number of rotatable bonds is 7. The molecule has 0 aromatic rings. The Hall–Kier alpha value is -0.610. The molecule has 4 heteroatoms. The Bertz CT molecular complexity index is 233. The van der Waals surface area contributed by atoms with Crippen molar-refractivity contribution in [3.05, 3.63) is 0 Å². The van der Waals surface area contributed by atoms with E-state index in [1.807, 2.05) is 0 Å². The molecule has 1 fully saturated rings. The highest BCUT2D eigenvalue weighted by molar-refractivity contribution is 5.66. The van der Waals surface area contributed by atoms with Crippen LogP contribution < -0.4 is 5.32 Å². The number of piperidine rings is 1. The first-order valence-electron chi connectivity index (χ1n) is 6.75. The maximum Gasteiger partial charge on any atom is 0.303 e. The summed E-state index contributed by atoms with van der Waals surface area (Å²) in [4.78, 5) is 12.7. The fraction of sp³-hybridized carbons (Fsp3) is 0.923. The molecule has 100 valence electrons. The summed E-state index contributed by atoms with van der Waals surface area (Å²) in [7, 11) is 2.19. The predicted molar refractivity (Wildman–Crippen MR) is 69.2 cm³/mol. The van der Waals surface area contributed by atoms with Crippen molar-refractivity contribution < 1.29 is 9.90 Å². The summed E-state index contributed by atoms with van der Waals surface area (Å²) in [5.74, 6) is -0.679. The third-order valence-corrected chi connectivity index (χ3v) is 3.71. The first-order chi connectivity index (χ1) is 8.09. The van der Waals surface area contributed by atoms with E-state index in [2.05, 4.69) is 24.2 Å². The van der Waals surface area contributed by atoms with Crippen LogP contribution in [0.5, 0.6) is 0 Å². The number of unbranched alkanes of at least 4 members (excludes halogenated alkanes) is 2. The standard InChI is InChI=1S/C13H26N2O2/c1-11-10-12(7-9-15(11)2)14-8-5-3-4-6-13(16)17/h11-12,14H,3-10H2,1-2H3,(H,16,17). The number of aliphatic carboxylic acids is 1. The molecule has 1 aliphatic heterocycles. The van der Waals surface area contributed by atoms with Gasteiger partial charge in [-0.15, -0.1) is 0 Å². The third kappa shape index (κ3) is 6.03. The van der Waals surface area contributed by atoms with Crippen LogP contribution in [0.2, 0.25) is 0 Å². The molecule has 2 N–H and O–H groups in total. The number of nitrogens with zero attached hydrogens (tertiary/aromatic N) is 1. The van der Waals surface area contributed by atoms with E-state index in [9.17, 15) is 4.79 Å². The van der Waals surface area contributed by atoms with Crippen molar-refractivity contribution in [1.29, 1.82) is 0 Å². The van der Waals surface area contributed by atoms with Crippen molar-refractivity contribution in [3.63, 3.8) is 0 Å². The molecule has 0 bridgehead atoms. The number of hydrogen-bond acceptors (Lipinski definition) is 3.